The topological polar surface area (TPSA) is 77.6 Å². The van der Waals surface area contributed by atoms with Crippen LogP contribution < -0.4 is 5.32 Å². The molecule has 0 spiro atoms. The van der Waals surface area contributed by atoms with Gasteiger partial charge in [0.2, 0.25) is 0 Å². The van der Waals surface area contributed by atoms with E-state index < -0.39 is 14.6 Å². The van der Waals surface area contributed by atoms with E-state index in [1.165, 1.54) is 12.1 Å². The Morgan fingerprint density at radius 1 is 1.41 bits per heavy atom. The fourth-order valence-electron chi connectivity index (χ4n) is 3.33. The fourth-order valence-corrected chi connectivity index (χ4v) is 4.70. The molecule has 1 saturated heterocycles. The summed E-state index contributed by atoms with van der Waals surface area (Å²) in [7, 11) is -1.38. The van der Waals surface area contributed by atoms with Crippen LogP contribution in [0.25, 0.3) is 10.9 Å². The molecule has 2 N–H and O–H groups in total. The van der Waals surface area contributed by atoms with Crippen LogP contribution in [0.5, 0.6) is 0 Å². The van der Waals surface area contributed by atoms with Crippen molar-refractivity contribution in [3.8, 4) is 0 Å². The lowest BCUT2D eigenvalue weighted by Gasteiger charge is -2.39. The SMILES string of the molecule is CN=C(NCCc1c[nH]c2cc(F)ccc12)N1CCS(=O)(=O)C(C)(C)C1.I. The molecule has 0 atom stereocenters. The molecule has 1 aromatic carbocycles. The molecule has 27 heavy (non-hydrogen) atoms. The monoisotopic (exact) mass is 508 g/mol. The van der Waals surface area contributed by atoms with Crippen molar-refractivity contribution in [2.75, 3.05) is 32.4 Å². The number of nitrogens with one attached hydrogen (secondary N) is 2. The summed E-state index contributed by atoms with van der Waals surface area (Å²) in [6, 6.07) is 4.73. The summed E-state index contributed by atoms with van der Waals surface area (Å²) in [5.74, 6) is 0.584. The van der Waals surface area contributed by atoms with Gasteiger partial charge in [-0.05, 0) is 44.0 Å². The van der Waals surface area contributed by atoms with E-state index in [1.807, 2.05) is 11.1 Å². The van der Waals surface area contributed by atoms with Crippen LogP contribution in [-0.2, 0) is 16.3 Å². The summed E-state index contributed by atoms with van der Waals surface area (Å²) in [6.07, 6.45) is 2.64. The number of nitrogens with zero attached hydrogens (tertiary/aromatic N) is 2. The van der Waals surface area contributed by atoms with Crippen molar-refractivity contribution in [3.63, 3.8) is 0 Å². The number of hydrogen-bond donors (Lipinski definition) is 2. The van der Waals surface area contributed by atoms with E-state index in [0.29, 0.717) is 25.6 Å². The second-order valence-corrected chi connectivity index (χ2v) is 9.97. The minimum absolute atomic E-state index is 0. The number of fused-ring (bicyclic) bond motifs is 1. The van der Waals surface area contributed by atoms with Gasteiger partial charge < -0.3 is 15.2 Å². The first kappa shape index (κ1) is 21.9. The lowest BCUT2D eigenvalue weighted by molar-refractivity contribution is 0.353. The summed E-state index contributed by atoms with van der Waals surface area (Å²) in [5.41, 5.74) is 1.89. The van der Waals surface area contributed by atoms with Crippen LogP contribution in [0.1, 0.15) is 19.4 Å². The lowest BCUT2D eigenvalue weighted by Crippen LogP contribution is -2.57. The van der Waals surface area contributed by atoms with Gasteiger partial charge in [-0.15, -0.1) is 24.0 Å². The summed E-state index contributed by atoms with van der Waals surface area (Å²) < 4.78 is 36.8. The highest BCUT2D eigenvalue weighted by atomic mass is 127. The number of aromatic nitrogens is 1. The van der Waals surface area contributed by atoms with Crippen LogP contribution in [-0.4, -0.2) is 61.4 Å². The number of halogens is 2. The maximum atomic E-state index is 13.3. The third kappa shape index (κ3) is 4.56. The zero-order valence-electron chi connectivity index (χ0n) is 15.8. The number of hydrogen-bond acceptors (Lipinski definition) is 3. The van der Waals surface area contributed by atoms with Gasteiger partial charge in [0, 0.05) is 43.8 Å². The van der Waals surface area contributed by atoms with Crippen LogP contribution in [0.3, 0.4) is 0 Å². The smallest absolute Gasteiger partial charge is 0.193 e. The molecular formula is C18H26FIN4O2S. The average molecular weight is 508 g/mol. The number of aromatic amines is 1. The van der Waals surface area contributed by atoms with Crippen molar-refractivity contribution in [2.24, 2.45) is 4.99 Å². The number of H-pyrrole nitrogens is 1. The molecule has 0 unspecified atom stereocenters. The quantitative estimate of drug-likeness (QED) is 0.380. The lowest BCUT2D eigenvalue weighted by atomic mass is 10.1. The van der Waals surface area contributed by atoms with E-state index in [2.05, 4.69) is 15.3 Å². The van der Waals surface area contributed by atoms with E-state index in [0.717, 1.165) is 22.9 Å². The van der Waals surface area contributed by atoms with Crippen LogP contribution in [0, 0.1) is 5.82 Å². The first-order valence-corrected chi connectivity index (χ1v) is 10.3. The van der Waals surface area contributed by atoms with E-state index in [1.54, 1.807) is 27.0 Å². The third-order valence-electron chi connectivity index (χ3n) is 4.96. The largest absolute Gasteiger partial charge is 0.361 e. The second kappa shape index (κ2) is 8.34. The predicted octanol–water partition coefficient (Wildman–Crippen LogP) is 2.55. The molecule has 0 aliphatic carbocycles. The Morgan fingerprint density at radius 2 is 2.15 bits per heavy atom. The van der Waals surface area contributed by atoms with Crippen molar-refractivity contribution in [1.29, 1.82) is 0 Å². The van der Waals surface area contributed by atoms with Gasteiger partial charge in [0.1, 0.15) is 5.82 Å². The van der Waals surface area contributed by atoms with Crippen LogP contribution in [0.2, 0.25) is 0 Å². The highest BCUT2D eigenvalue weighted by molar-refractivity contribution is 14.0. The maximum absolute atomic E-state index is 13.3. The van der Waals surface area contributed by atoms with Gasteiger partial charge >= 0.3 is 0 Å². The average Bonchev–Trinajstić information content (AvgIpc) is 2.96. The molecule has 9 heteroatoms. The molecule has 1 aliphatic heterocycles. The van der Waals surface area contributed by atoms with Crippen molar-refractivity contribution in [1.82, 2.24) is 15.2 Å². The Bertz CT molecular complexity index is 940. The standard InChI is InChI=1S/C18H25FN4O2S.HI/c1-18(2)12-23(8-9-26(18,24)25)17(20-3)21-7-6-13-11-22-16-10-14(19)4-5-15(13)16;/h4-5,10-11,22H,6-9,12H2,1-3H3,(H,20,21);1H. The number of benzene rings is 1. The maximum Gasteiger partial charge on any atom is 0.193 e. The molecule has 0 saturated carbocycles. The van der Waals surface area contributed by atoms with Crippen molar-refractivity contribution in [2.45, 2.75) is 25.0 Å². The molecule has 0 bridgehead atoms. The zero-order valence-corrected chi connectivity index (χ0v) is 18.9. The Morgan fingerprint density at radius 3 is 2.81 bits per heavy atom. The van der Waals surface area contributed by atoms with E-state index in [9.17, 15) is 12.8 Å². The number of rotatable bonds is 3. The fraction of sp³-hybridized carbons (Fsp3) is 0.500. The molecule has 1 aromatic heterocycles. The second-order valence-electron chi connectivity index (χ2n) is 7.23. The first-order chi connectivity index (χ1) is 12.2. The normalized spacial score (nSPS) is 19.0. The van der Waals surface area contributed by atoms with Gasteiger partial charge in [0.15, 0.2) is 15.8 Å². The molecular weight excluding hydrogens is 482 g/mol. The molecule has 2 heterocycles. The molecule has 0 radical (unpaired) electrons. The summed E-state index contributed by atoms with van der Waals surface area (Å²) in [4.78, 5) is 9.38. The molecule has 6 nitrogen and oxygen atoms in total. The predicted molar refractivity (Wildman–Crippen MR) is 118 cm³/mol. The molecule has 1 fully saturated rings. The summed E-state index contributed by atoms with van der Waals surface area (Å²) in [5, 5.41) is 4.32. The van der Waals surface area contributed by atoms with Gasteiger partial charge in [-0.25, -0.2) is 12.8 Å². The van der Waals surface area contributed by atoms with Crippen molar-refractivity contribution >= 4 is 50.7 Å². The summed E-state index contributed by atoms with van der Waals surface area (Å²) >= 11 is 0. The Balaban J connectivity index is 0.00000261. The minimum Gasteiger partial charge on any atom is -0.361 e. The molecule has 1 aliphatic rings. The Kier molecular flexibility index (Phi) is 6.77. The van der Waals surface area contributed by atoms with Gasteiger partial charge in [0.25, 0.3) is 0 Å². The van der Waals surface area contributed by atoms with Gasteiger partial charge in [-0.2, -0.15) is 0 Å². The van der Waals surface area contributed by atoms with Crippen LogP contribution in [0.4, 0.5) is 4.39 Å². The van der Waals surface area contributed by atoms with E-state index >= 15 is 0 Å². The molecule has 0 amide bonds. The summed E-state index contributed by atoms with van der Waals surface area (Å²) in [6.45, 7) is 5.03. The number of sulfone groups is 1. The van der Waals surface area contributed by atoms with E-state index in [4.69, 9.17) is 0 Å². The van der Waals surface area contributed by atoms with Crippen molar-refractivity contribution < 1.29 is 12.8 Å². The van der Waals surface area contributed by atoms with Gasteiger partial charge in [-0.1, -0.05) is 0 Å². The van der Waals surface area contributed by atoms with Crippen molar-refractivity contribution in [3.05, 3.63) is 35.8 Å². The number of aliphatic imine (C=N–C) groups is 1. The Labute approximate surface area is 176 Å². The van der Waals surface area contributed by atoms with Crippen LogP contribution >= 0.6 is 24.0 Å². The van der Waals surface area contributed by atoms with Crippen LogP contribution in [0.15, 0.2) is 29.4 Å². The molecule has 150 valence electrons. The third-order valence-corrected chi connectivity index (χ3v) is 7.49. The molecule has 2 aromatic rings. The highest BCUT2D eigenvalue weighted by Crippen LogP contribution is 2.24. The molecule has 3 rings (SSSR count). The van der Waals surface area contributed by atoms with E-state index in [-0.39, 0.29) is 35.5 Å². The highest BCUT2D eigenvalue weighted by Gasteiger charge is 2.40. The number of guanidine groups is 1. The Hall–Kier alpha value is -1.36. The van der Waals surface area contributed by atoms with Gasteiger partial charge in [0.05, 0.1) is 10.5 Å². The minimum atomic E-state index is -3.08. The zero-order chi connectivity index (χ0) is 18.9. The van der Waals surface area contributed by atoms with Gasteiger partial charge in [-0.3, -0.25) is 4.99 Å². The first-order valence-electron chi connectivity index (χ1n) is 8.67.